The summed E-state index contributed by atoms with van der Waals surface area (Å²) in [6, 6.07) is 18.3. The topological polar surface area (TPSA) is 96.0 Å². The maximum absolute atomic E-state index is 14.0. The van der Waals surface area contributed by atoms with Crippen LogP contribution < -0.4 is 14.4 Å². The molecular weight excluding hydrogens is 585 g/mol. The number of ether oxygens (including phenoxy) is 1. The number of nitrogens with zero attached hydrogens (tertiary/aromatic N) is 2. The van der Waals surface area contributed by atoms with Crippen molar-refractivity contribution >= 4 is 50.7 Å². The Morgan fingerprint density at radius 1 is 0.976 bits per heavy atom. The Bertz CT molecular complexity index is 1480. The third kappa shape index (κ3) is 7.72. The molecule has 0 bridgehead atoms. The summed E-state index contributed by atoms with van der Waals surface area (Å²) in [7, 11) is -2.67. The van der Waals surface area contributed by atoms with Crippen LogP contribution in [0.4, 0.5) is 5.69 Å². The largest absolute Gasteiger partial charge is 0.497 e. The standard InChI is InChI=1S/C30H33Cl2N3O5S/c1-21(30(37)33-25-9-3-4-10-25)34(19-22-7-5-12-27(17-22)40-2)29(36)20-35(26-11-6-8-24(32)18-26)41(38,39)28-15-13-23(31)14-16-28/h5-8,11-18,21,25H,3-4,9-10,19-20H2,1-2H3,(H,33,37). The molecule has 0 saturated heterocycles. The zero-order chi connectivity index (χ0) is 29.6. The Balaban J connectivity index is 1.69. The first-order valence-electron chi connectivity index (χ1n) is 13.3. The molecular formula is C30H33Cl2N3O5S. The number of anilines is 1. The summed E-state index contributed by atoms with van der Waals surface area (Å²) in [5, 5.41) is 3.74. The molecule has 3 aromatic carbocycles. The van der Waals surface area contributed by atoms with Crippen LogP contribution in [0, 0.1) is 0 Å². The lowest BCUT2D eigenvalue weighted by atomic mass is 10.1. The predicted octanol–water partition coefficient (Wildman–Crippen LogP) is 5.67. The lowest BCUT2D eigenvalue weighted by Gasteiger charge is -2.32. The van der Waals surface area contributed by atoms with Crippen molar-refractivity contribution in [1.82, 2.24) is 10.2 Å². The summed E-state index contributed by atoms with van der Waals surface area (Å²) in [6.45, 7) is 1.16. The van der Waals surface area contributed by atoms with Gasteiger partial charge in [0, 0.05) is 22.6 Å². The highest BCUT2D eigenvalue weighted by Gasteiger charge is 2.33. The second kappa shape index (κ2) is 13.6. The van der Waals surface area contributed by atoms with E-state index in [-0.39, 0.29) is 29.1 Å². The Labute approximate surface area is 251 Å². The molecule has 1 N–H and O–H groups in total. The highest BCUT2D eigenvalue weighted by atomic mass is 35.5. The third-order valence-corrected chi connectivity index (χ3v) is 9.41. The fourth-order valence-electron chi connectivity index (χ4n) is 4.84. The van der Waals surface area contributed by atoms with E-state index in [1.807, 2.05) is 6.07 Å². The first kappa shape index (κ1) is 30.7. The molecule has 1 fully saturated rings. The van der Waals surface area contributed by atoms with E-state index in [9.17, 15) is 18.0 Å². The van der Waals surface area contributed by atoms with Crippen molar-refractivity contribution in [3.05, 3.63) is 88.4 Å². The van der Waals surface area contributed by atoms with Gasteiger partial charge >= 0.3 is 0 Å². The third-order valence-electron chi connectivity index (χ3n) is 7.13. The molecule has 11 heteroatoms. The van der Waals surface area contributed by atoms with E-state index in [0.29, 0.717) is 15.8 Å². The summed E-state index contributed by atoms with van der Waals surface area (Å²) in [5.41, 5.74) is 0.943. The molecule has 0 aliphatic heterocycles. The SMILES string of the molecule is COc1cccc(CN(C(=O)CN(c2cccc(Cl)c2)S(=O)(=O)c2ccc(Cl)cc2)C(C)C(=O)NC2CCCC2)c1. The molecule has 1 aliphatic carbocycles. The smallest absolute Gasteiger partial charge is 0.264 e. The van der Waals surface area contributed by atoms with Gasteiger partial charge in [0.15, 0.2) is 0 Å². The summed E-state index contributed by atoms with van der Waals surface area (Å²) in [4.78, 5) is 28.7. The van der Waals surface area contributed by atoms with Gasteiger partial charge in [-0.25, -0.2) is 8.42 Å². The number of carbonyl (C=O) groups excluding carboxylic acids is 2. The second-order valence-corrected chi connectivity index (χ2v) is 12.7. The van der Waals surface area contributed by atoms with Gasteiger partial charge < -0.3 is 15.0 Å². The van der Waals surface area contributed by atoms with Crippen LogP contribution in [0.15, 0.2) is 77.7 Å². The highest BCUT2D eigenvalue weighted by Crippen LogP contribution is 2.28. The van der Waals surface area contributed by atoms with Gasteiger partial charge in [-0.15, -0.1) is 0 Å². The zero-order valence-corrected chi connectivity index (χ0v) is 25.3. The van der Waals surface area contributed by atoms with Crippen molar-refractivity contribution in [2.45, 2.75) is 56.1 Å². The van der Waals surface area contributed by atoms with Gasteiger partial charge in [0.25, 0.3) is 10.0 Å². The van der Waals surface area contributed by atoms with Gasteiger partial charge in [-0.3, -0.25) is 13.9 Å². The van der Waals surface area contributed by atoms with Gasteiger partial charge in [-0.05, 0) is 79.9 Å². The van der Waals surface area contributed by atoms with Crippen molar-refractivity contribution in [2.24, 2.45) is 0 Å². The van der Waals surface area contributed by atoms with Crippen LogP contribution in [0.25, 0.3) is 0 Å². The maximum atomic E-state index is 14.0. The van der Waals surface area contributed by atoms with Crippen molar-refractivity contribution in [2.75, 3.05) is 18.0 Å². The fraction of sp³-hybridized carbons (Fsp3) is 0.333. The molecule has 1 atom stereocenters. The van der Waals surface area contributed by atoms with E-state index in [4.69, 9.17) is 27.9 Å². The number of rotatable bonds is 11. The van der Waals surface area contributed by atoms with Crippen LogP contribution in [0.1, 0.15) is 38.2 Å². The molecule has 0 heterocycles. The Hall–Kier alpha value is -3.27. The molecule has 0 aromatic heterocycles. The summed E-state index contributed by atoms with van der Waals surface area (Å²) >= 11 is 12.2. The first-order valence-corrected chi connectivity index (χ1v) is 15.5. The van der Waals surface area contributed by atoms with Gasteiger partial charge in [0.05, 0.1) is 17.7 Å². The minimum absolute atomic E-state index is 0.0407. The van der Waals surface area contributed by atoms with Crippen molar-refractivity contribution < 1.29 is 22.7 Å². The summed E-state index contributed by atoms with van der Waals surface area (Å²) in [5.74, 6) is -0.244. The van der Waals surface area contributed by atoms with E-state index < -0.39 is 28.5 Å². The Kier molecular flexibility index (Phi) is 10.2. The van der Waals surface area contributed by atoms with E-state index in [1.165, 1.54) is 35.2 Å². The molecule has 1 aliphatic rings. The predicted molar refractivity (Wildman–Crippen MR) is 161 cm³/mol. The number of nitrogens with one attached hydrogen (secondary N) is 1. The van der Waals surface area contributed by atoms with Crippen LogP contribution in [0.5, 0.6) is 5.75 Å². The molecule has 2 amide bonds. The van der Waals surface area contributed by atoms with Crippen LogP contribution in [-0.2, 0) is 26.2 Å². The molecule has 41 heavy (non-hydrogen) atoms. The normalized spacial score (nSPS) is 14.3. The van der Waals surface area contributed by atoms with E-state index >= 15 is 0 Å². The average Bonchev–Trinajstić information content (AvgIpc) is 3.47. The lowest BCUT2D eigenvalue weighted by Crippen LogP contribution is -2.52. The molecule has 0 spiro atoms. The summed E-state index contributed by atoms with van der Waals surface area (Å²) in [6.07, 6.45) is 3.88. The molecule has 4 rings (SSSR count). The zero-order valence-electron chi connectivity index (χ0n) is 22.9. The molecule has 3 aromatic rings. The number of benzene rings is 3. The van der Waals surface area contributed by atoms with E-state index in [2.05, 4.69) is 5.32 Å². The fourth-order valence-corrected chi connectivity index (χ4v) is 6.55. The average molecular weight is 619 g/mol. The highest BCUT2D eigenvalue weighted by molar-refractivity contribution is 7.92. The minimum atomic E-state index is -4.22. The van der Waals surface area contributed by atoms with Crippen molar-refractivity contribution in [3.8, 4) is 5.75 Å². The number of hydrogen-bond donors (Lipinski definition) is 1. The van der Waals surface area contributed by atoms with Gasteiger partial charge in [-0.2, -0.15) is 0 Å². The number of carbonyl (C=O) groups is 2. The first-order chi connectivity index (χ1) is 19.6. The van der Waals surface area contributed by atoms with E-state index in [0.717, 1.165) is 35.6 Å². The number of methoxy groups -OCH3 is 1. The van der Waals surface area contributed by atoms with Crippen LogP contribution in [0.2, 0.25) is 10.0 Å². The quantitative estimate of drug-likeness (QED) is 0.299. The van der Waals surface area contributed by atoms with Gasteiger partial charge in [-0.1, -0.05) is 54.2 Å². The number of halogens is 2. The summed E-state index contributed by atoms with van der Waals surface area (Å²) < 4.78 is 34.1. The Morgan fingerprint density at radius 2 is 1.66 bits per heavy atom. The molecule has 1 saturated carbocycles. The minimum Gasteiger partial charge on any atom is -0.497 e. The lowest BCUT2D eigenvalue weighted by molar-refractivity contribution is -0.139. The molecule has 1 unspecified atom stereocenters. The monoisotopic (exact) mass is 617 g/mol. The van der Waals surface area contributed by atoms with Crippen molar-refractivity contribution in [1.29, 1.82) is 0 Å². The second-order valence-electron chi connectivity index (χ2n) is 9.98. The number of sulfonamides is 1. The molecule has 8 nitrogen and oxygen atoms in total. The van der Waals surface area contributed by atoms with E-state index in [1.54, 1.807) is 50.4 Å². The van der Waals surface area contributed by atoms with Crippen LogP contribution >= 0.6 is 23.2 Å². The Morgan fingerprint density at radius 3 is 2.32 bits per heavy atom. The van der Waals surface area contributed by atoms with Gasteiger partial charge in [0.1, 0.15) is 18.3 Å². The number of amides is 2. The van der Waals surface area contributed by atoms with Gasteiger partial charge in [0.2, 0.25) is 11.8 Å². The van der Waals surface area contributed by atoms with Crippen molar-refractivity contribution in [3.63, 3.8) is 0 Å². The maximum Gasteiger partial charge on any atom is 0.264 e. The molecule has 218 valence electrons. The molecule has 0 radical (unpaired) electrons. The van der Waals surface area contributed by atoms with Crippen LogP contribution in [0.3, 0.4) is 0 Å². The number of hydrogen-bond acceptors (Lipinski definition) is 5. The van der Waals surface area contributed by atoms with Crippen LogP contribution in [-0.4, -0.2) is 50.9 Å².